The fourth-order valence-electron chi connectivity index (χ4n) is 2.87. The Hall–Kier alpha value is -0.620. The second-order valence-electron chi connectivity index (χ2n) is 6.03. The first-order valence-electron chi connectivity index (χ1n) is 7.24. The van der Waals surface area contributed by atoms with Crippen LogP contribution in [0.25, 0.3) is 0 Å². The van der Waals surface area contributed by atoms with Crippen molar-refractivity contribution in [2.24, 2.45) is 11.8 Å². The summed E-state index contributed by atoms with van der Waals surface area (Å²) < 4.78 is 24.8. The van der Waals surface area contributed by atoms with Gasteiger partial charge in [0, 0.05) is 23.6 Å². The summed E-state index contributed by atoms with van der Waals surface area (Å²) >= 11 is 0. The van der Waals surface area contributed by atoms with Crippen LogP contribution < -0.4 is 0 Å². The molecule has 20 heavy (non-hydrogen) atoms. The molecule has 0 aromatic carbocycles. The molecule has 0 amide bonds. The zero-order chi connectivity index (χ0) is 14.8. The molecule has 1 saturated carbocycles. The fraction of sp³-hybridized carbons (Fsp3) is 0.846. The molecular formula is C13H22ClN3O2S. The van der Waals surface area contributed by atoms with E-state index in [0.29, 0.717) is 12.5 Å². The molecule has 1 aromatic rings. The molecule has 1 aromatic heterocycles. The van der Waals surface area contributed by atoms with Crippen LogP contribution in [0.3, 0.4) is 0 Å². The maximum Gasteiger partial charge on any atom is 0.296 e. The van der Waals surface area contributed by atoms with Gasteiger partial charge in [0.1, 0.15) is 5.82 Å². The van der Waals surface area contributed by atoms with Gasteiger partial charge in [-0.05, 0) is 18.3 Å². The van der Waals surface area contributed by atoms with E-state index in [2.05, 4.69) is 10.2 Å². The number of aryl methyl sites for hydroxylation is 1. The lowest BCUT2D eigenvalue weighted by Gasteiger charge is -2.12. The van der Waals surface area contributed by atoms with E-state index in [9.17, 15) is 8.42 Å². The highest BCUT2D eigenvalue weighted by Crippen LogP contribution is 2.29. The number of aromatic nitrogens is 3. The van der Waals surface area contributed by atoms with Gasteiger partial charge >= 0.3 is 0 Å². The average molecular weight is 320 g/mol. The minimum Gasteiger partial charge on any atom is -0.301 e. The van der Waals surface area contributed by atoms with Crippen LogP contribution in [0, 0.1) is 11.8 Å². The molecule has 1 aliphatic rings. The van der Waals surface area contributed by atoms with E-state index < -0.39 is 9.05 Å². The molecule has 5 nitrogen and oxygen atoms in total. The molecule has 0 saturated heterocycles. The highest BCUT2D eigenvalue weighted by atomic mass is 35.7. The average Bonchev–Trinajstić information content (AvgIpc) is 2.93. The van der Waals surface area contributed by atoms with E-state index in [1.165, 1.54) is 25.7 Å². The Kier molecular flexibility index (Phi) is 5.07. The smallest absolute Gasteiger partial charge is 0.296 e. The zero-order valence-electron chi connectivity index (χ0n) is 12.0. The predicted molar refractivity (Wildman–Crippen MR) is 78.2 cm³/mol. The molecule has 0 aliphatic heterocycles. The Labute approximate surface area is 125 Å². The lowest BCUT2D eigenvalue weighted by Crippen LogP contribution is -2.14. The van der Waals surface area contributed by atoms with Gasteiger partial charge in [0.05, 0.1) is 0 Å². The Morgan fingerprint density at radius 2 is 1.95 bits per heavy atom. The molecule has 0 radical (unpaired) electrons. The zero-order valence-corrected chi connectivity index (χ0v) is 13.6. The maximum atomic E-state index is 11.6. The molecule has 114 valence electrons. The van der Waals surface area contributed by atoms with E-state index in [1.54, 1.807) is 4.57 Å². The molecule has 7 heteroatoms. The van der Waals surface area contributed by atoms with Crippen LogP contribution in [0.4, 0.5) is 0 Å². The monoisotopic (exact) mass is 319 g/mol. The summed E-state index contributed by atoms with van der Waals surface area (Å²) in [6, 6.07) is 0. The van der Waals surface area contributed by atoms with E-state index in [-0.39, 0.29) is 5.16 Å². The highest BCUT2D eigenvalue weighted by Gasteiger charge is 2.24. The lowest BCUT2D eigenvalue weighted by atomic mass is 10.0. The summed E-state index contributed by atoms with van der Waals surface area (Å²) in [5, 5.41) is 7.71. The maximum absolute atomic E-state index is 11.6. The van der Waals surface area contributed by atoms with Gasteiger partial charge in [0.2, 0.25) is 0 Å². The van der Waals surface area contributed by atoms with Crippen molar-refractivity contribution in [1.82, 2.24) is 14.8 Å². The van der Waals surface area contributed by atoms with Gasteiger partial charge in [-0.25, -0.2) is 8.42 Å². The van der Waals surface area contributed by atoms with Crippen LogP contribution in [0.1, 0.15) is 51.8 Å². The van der Waals surface area contributed by atoms with Crippen molar-refractivity contribution in [3.8, 4) is 0 Å². The molecule has 0 N–H and O–H groups in total. The van der Waals surface area contributed by atoms with Crippen LogP contribution in [-0.2, 0) is 22.0 Å². The Balaban J connectivity index is 2.16. The van der Waals surface area contributed by atoms with E-state index in [1.807, 2.05) is 13.8 Å². The minimum atomic E-state index is -3.83. The largest absolute Gasteiger partial charge is 0.301 e. The number of halogens is 1. The van der Waals surface area contributed by atoms with E-state index in [0.717, 1.165) is 24.6 Å². The van der Waals surface area contributed by atoms with Crippen molar-refractivity contribution < 1.29 is 8.42 Å². The number of hydrogen-bond acceptors (Lipinski definition) is 4. The van der Waals surface area contributed by atoms with Gasteiger partial charge in [-0.3, -0.25) is 0 Å². The van der Waals surface area contributed by atoms with Crippen molar-refractivity contribution in [2.45, 2.75) is 64.1 Å². The van der Waals surface area contributed by atoms with Crippen LogP contribution in [0.2, 0.25) is 0 Å². The Morgan fingerprint density at radius 1 is 1.30 bits per heavy atom. The quantitative estimate of drug-likeness (QED) is 0.756. The van der Waals surface area contributed by atoms with Gasteiger partial charge in [-0.2, -0.15) is 0 Å². The molecule has 0 bridgehead atoms. The van der Waals surface area contributed by atoms with Gasteiger partial charge in [0.25, 0.3) is 14.2 Å². The second kappa shape index (κ2) is 6.43. The van der Waals surface area contributed by atoms with E-state index in [4.69, 9.17) is 10.7 Å². The van der Waals surface area contributed by atoms with Gasteiger partial charge in [-0.15, -0.1) is 10.2 Å². The number of nitrogens with zero attached hydrogens (tertiary/aromatic N) is 3. The minimum absolute atomic E-state index is 0.116. The van der Waals surface area contributed by atoms with Gasteiger partial charge in [-0.1, -0.05) is 39.5 Å². The first-order valence-corrected chi connectivity index (χ1v) is 9.55. The first-order chi connectivity index (χ1) is 9.38. The van der Waals surface area contributed by atoms with Crippen LogP contribution in [-0.4, -0.2) is 23.2 Å². The van der Waals surface area contributed by atoms with Crippen molar-refractivity contribution in [2.75, 3.05) is 0 Å². The van der Waals surface area contributed by atoms with Crippen LogP contribution in [0.5, 0.6) is 0 Å². The molecule has 1 heterocycles. The summed E-state index contributed by atoms with van der Waals surface area (Å²) in [6.07, 6.45) is 7.00. The summed E-state index contributed by atoms with van der Waals surface area (Å²) in [5.41, 5.74) is 0. The second-order valence-corrected chi connectivity index (χ2v) is 8.49. The molecule has 0 unspecified atom stereocenters. The first kappa shape index (κ1) is 15.8. The highest BCUT2D eigenvalue weighted by molar-refractivity contribution is 8.13. The molecule has 1 aliphatic carbocycles. The lowest BCUT2D eigenvalue weighted by molar-refractivity contribution is 0.450. The third-order valence-corrected chi connectivity index (χ3v) is 4.96. The number of rotatable bonds is 6. The third kappa shape index (κ3) is 3.95. The molecule has 2 rings (SSSR count). The van der Waals surface area contributed by atoms with Crippen molar-refractivity contribution in [1.29, 1.82) is 0 Å². The van der Waals surface area contributed by atoms with Crippen molar-refractivity contribution >= 4 is 19.7 Å². The topological polar surface area (TPSA) is 64.8 Å². The van der Waals surface area contributed by atoms with Crippen LogP contribution in [0.15, 0.2) is 5.16 Å². The third-order valence-electron chi connectivity index (χ3n) is 3.81. The fourth-order valence-corrected chi connectivity index (χ4v) is 3.79. The summed E-state index contributed by atoms with van der Waals surface area (Å²) in [5.74, 6) is 1.80. The van der Waals surface area contributed by atoms with Crippen LogP contribution >= 0.6 is 10.7 Å². The Morgan fingerprint density at radius 3 is 2.50 bits per heavy atom. The summed E-state index contributed by atoms with van der Waals surface area (Å²) in [6.45, 7) is 4.64. The van der Waals surface area contributed by atoms with Gasteiger partial charge in [0.15, 0.2) is 0 Å². The summed E-state index contributed by atoms with van der Waals surface area (Å²) in [4.78, 5) is 0. The molecule has 0 spiro atoms. The van der Waals surface area contributed by atoms with Gasteiger partial charge < -0.3 is 4.57 Å². The van der Waals surface area contributed by atoms with Crippen molar-refractivity contribution in [3.63, 3.8) is 0 Å². The van der Waals surface area contributed by atoms with E-state index >= 15 is 0 Å². The van der Waals surface area contributed by atoms with Crippen molar-refractivity contribution in [3.05, 3.63) is 5.82 Å². The Bertz CT molecular complexity index is 548. The summed E-state index contributed by atoms with van der Waals surface area (Å²) in [7, 11) is 1.60. The normalized spacial score (nSPS) is 17.2. The SMILES string of the molecule is CC(C)Cn1c(CCC2CCCC2)nnc1S(=O)(=O)Cl. The molecule has 0 atom stereocenters. The number of hydrogen-bond donors (Lipinski definition) is 0. The standard InChI is InChI=1S/C13H22ClN3O2S/c1-10(2)9-17-12(8-7-11-5-3-4-6-11)15-16-13(17)20(14,18)19/h10-11H,3-9H2,1-2H3. The molecular weight excluding hydrogens is 298 g/mol. The predicted octanol–water partition coefficient (Wildman–Crippen LogP) is 2.98. The molecule has 1 fully saturated rings.